The van der Waals surface area contributed by atoms with Crippen LogP contribution in [0.1, 0.15) is 32.9 Å². The van der Waals surface area contributed by atoms with Gasteiger partial charge in [0.2, 0.25) is 5.91 Å². The molecular weight excluding hydrogens is 490 g/mol. The molecule has 5 rings (SSSR count). The van der Waals surface area contributed by atoms with Crippen molar-refractivity contribution in [1.82, 2.24) is 25.1 Å². The van der Waals surface area contributed by atoms with Gasteiger partial charge in [0.05, 0.1) is 27.5 Å². The summed E-state index contributed by atoms with van der Waals surface area (Å²) in [5.41, 5.74) is 0.732. The zero-order valence-electron chi connectivity index (χ0n) is 18.5. The molecular formula is C24H22ClN5O4S. The third kappa shape index (κ3) is 5.13. The smallest absolute Gasteiger partial charge is 0.273 e. The summed E-state index contributed by atoms with van der Waals surface area (Å²) in [6.07, 6.45) is 6.03. The predicted octanol–water partition coefficient (Wildman–Crippen LogP) is 2.10. The Balaban J connectivity index is 1.30. The zero-order valence-corrected chi connectivity index (χ0v) is 20.1. The number of halogens is 1. The molecule has 2 aliphatic rings. The molecule has 2 aromatic heterocycles. The summed E-state index contributed by atoms with van der Waals surface area (Å²) in [6.45, 7) is 0.650. The van der Waals surface area contributed by atoms with Crippen molar-refractivity contribution in [3.8, 4) is 5.69 Å². The van der Waals surface area contributed by atoms with Crippen molar-refractivity contribution in [3.05, 3.63) is 80.1 Å². The van der Waals surface area contributed by atoms with Gasteiger partial charge in [-0.05, 0) is 49.2 Å². The summed E-state index contributed by atoms with van der Waals surface area (Å²) in [5.74, 6) is -0.518. The van der Waals surface area contributed by atoms with Crippen LogP contribution in [0.3, 0.4) is 0 Å². The highest BCUT2D eigenvalue weighted by Gasteiger charge is 2.42. The van der Waals surface area contributed by atoms with Gasteiger partial charge in [0.1, 0.15) is 0 Å². The maximum Gasteiger partial charge on any atom is 0.273 e. The number of benzene rings is 1. The van der Waals surface area contributed by atoms with Crippen molar-refractivity contribution in [1.29, 1.82) is 0 Å². The lowest BCUT2D eigenvalue weighted by atomic mass is 10.1. The molecule has 1 saturated heterocycles. The van der Waals surface area contributed by atoms with Crippen LogP contribution >= 0.6 is 22.9 Å². The number of thiophene rings is 1. The molecule has 0 bridgehead atoms. The van der Waals surface area contributed by atoms with E-state index in [1.807, 2.05) is 0 Å². The lowest BCUT2D eigenvalue weighted by Gasteiger charge is -2.20. The number of likely N-dealkylation sites (tertiary alicyclic amines) is 1. The maximum absolute atomic E-state index is 13.0. The number of carbonyl (C=O) groups excluding carboxylic acids is 3. The minimum absolute atomic E-state index is 0.0426. The Morgan fingerprint density at radius 1 is 0.971 bits per heavy atom. The third-order valence-corrected chi connectivity index (χ3v) is 7.35. The maximum atomic E-state index is 13.0. The van der Waals surface area contributed by atoms with E-state index >= 15 is 0 Å². The summed E-state index contributed by atoms with van der Waals surface area (Å²) in [7, 11) is 0. The third-order valence-electron chi connectivity index (χ3n) is 6.12. The fourth-order valence-corrected chi connectivity index (χ4v) is 5.07. The molecule has 3 amide bonds. The van der Waals surface area contributed by atoms with Crippen LogP contribution in [0.15, 0.2) is 59.8 Å². The molecule has 35 heavy (non-hydrogen) atoms. The lowest BCUT2D eigenvalue weighted by Crippen LogP contribution is -2.50. The standard InChI is InChI=1S/C24H22ClN5O4S/c25-20-8-7-19(35-20)23(33)28-18-13-29(24(34)15-1-2-15)12-17(18)27-22(32)14-3-5-16(6-4-14)30-10-9-26-11-21(30)31/h3-11,15,17-18H,1-2,12-13H2,(H,27,32)(H,28,33)/t17-,18+/m0/s1. The molecule has 1 saturated carbocycles. The molecule has 180 valence electrons. The van der Waals surface area contributed by atoms with E-state index in [2.05, 4.69) is 15.6 Å². The largest absolute Gasteiger partial charge is 0.345 e. The van der Waals surface area contributed by atoms with E-state index in [1.54, 1.807) is 47.5 Å². The summed E-state index contributed by atoms with van der Waals surface area (Å²) >= 11 is 7.13. The molecule has 3 aromatic rings. The Morgan fingerprint density at radius 3 is 2.26 bits per heavy atom. The van der Waals surface area contributed by atoms with Gasteiger partial charge in [-0.25, -0.2) is 0 Å². The molecule has 2 fully saturated rings. The number of nitrogens with zero attached hydrogens (tertiary/aromatic N) is 3. The number of aromatic nitrogens is 2. The topological polar surface area (TPSA) is 113 Å². The molecule has 1 aliphatic heterocycles. The van der Waals surface area contributed by atoms with Gasteiger partial charge < -0.3 is 15.5 Å². The zero-order chi connectivity index (χ0) is 24.5. The van der Waals surface area contributed by atoms with E-state index in [0.717, 1.165) is 12.8 Å². The lowest BCUT2D eigenvalue weighted by molar-refractivity contribution is -0.131. The highest BCUT2D eigenvalue weighted by atomic mass is 35.5. The van der Waals surface area contributed by atoms with Crippen LogP contribution in [-0.4, -0.2) is 57.3 Å². The predicted molar refractivity (Wildman–Crippen MR) is 131 cm³/mol. The normalized spacial score (nSPS) is 19.4. The summed E-state index contributed by atoms with van der Waals surface area (Å²) in [6, 6.07) is 9.01. The van der Waals surface area contributed by atoms with Crippen molar-refractivity contribution >= 4 is 40.7 Å². The Hall–Kier alpha value is -3.50. The fourth-order valence-electron chi connectivity index (χ4n) is 4.13. The summed E-state index contributed by atoms with van der Waals surface area (Å²) in [4.78, 5) is 56.4. The van der Waals surface area contributed by atoms with Gasteiger partial charge in [-0.15, -0.1) is 11.3 Å². The number of rotatable bonds is 6. The van der Waals surface area contributed by atoms with Crippen molar-refractivity contribution in [3.63, 3.8) is 0 Å². The second kappa shape index (κ2) is 9.63. The molecule has 9 nitrogen and oxygen atoms in total. The quantitative estimate of drug-likeness (QED) is 0.526. The Kier molecular flexibility index (Phi) is 6.40. The van der Waals surface area contributed by atoms with E-state index in [-0.39, 0.29) is 29.2 Å². The number of hydrogen-bond acceptors (Lipinski definition) is 6. The molecule has 0 spiro atoms. The van der Waals surface area contributed by atoms with Crippen LogP contribution in [0.4, 0.5) is 0 Å². The van der Waals surface area contributed by atoms with Gasteiger partial charge in [-0.1, -0.05) is 11.6 Å². The second-order valence-electron chi connectivity index (χ2n) is 8.61. The summed E-state index contributed by atoms with van der Waals surface area (Å²) in [5, 5.41) is 5.93. The highest BCUT2D eigenvalue weighted by Crippen LogP contribution is 2.32. The number of nitrogens with one attached hydrogen (secondary N) is 2. The highest BCUT2D eigenvalue weighted by molar-refractivity contribution is 7.18. The van der Waals surface area contributed by atoms with Crippen molar-refractivity contribution in [2.75, 3.05) is 13.1 Å². The number of carbonyl (C=O) groups is 3. The van der Waals surface area contributed by atoms with Crippen LogP contribution < -0.4 is 16.2 Å². The average molecular weight is 512 g/mol. The molecule has 3 heterocycles. The van der Waals surface area contributed by atoms with Gasteiger partial charge in [-0.2, -0.15) is 0 Å². The Bertz CT molecular complexity index is 1330. The van der Waals surface area contributed by atoms with Crippen molar-refractivity contribution < 1.29 is 14.4 Å². The van der Waals surface area contributed by atoms with E-state index in [4.69, 9.17) is 11.6 Å². The number of amides is 3. The molecule has 2 N–H and O–H groups in total. The average Bonchev–Trinajstić information content (AvgIpc) is 3.50. The van der Waals surface area contributed by atoms with Crippen LogP contribution in [0.5, 0.6) is 0 Å². The van der Waals surface area contributed by atoms with Crippen LogP contribution in [0.2, 0.25) is 4.34 Å². The van der Waals surface area contributed by atoms with Crippen LogP contribution in [0, 0.1) is 5.92 Å². The van der Waals surface area contributed by atoms with E-state index in [9.17, 15) is 19.2 Å². The van der Waals surface area contributed by atoms with Crippen LogP contribution in [0.25, 0.3) is 5.69 Å². The molecule has 1 aromatic carbocycles. The van der Waals surface area contributed by atoms with Gasteiger partial charge in [0, 0.05) is 42.7 Å². The molecule has 0 radical (unpaired) electrons. The second-order valence-corrected chi connectivity index (χ2v) is 10.3. The van der Waals surface area contributed by atoms with E-state index < -0.39 is 12.1 Å². The Labute approximate surface area is 209 Å². The summed E-state index contributed by atoms with van der Waals surface area (Å²) < 4.78 is 1.93. The first kappa shape index (κ1) is 23.3. The molecule has 2 atom stereocenters. The monoisotopic (exact) mass is 511 g/mol. The van der Waals surface area contributed by atoms with E-state index in [0.29, 0.717) is 33.6 Å². The minimum Gasteiger partial charge on any atom is -0.345 e. The van der Waals surface area contributed by atoms with Crippen molar-refractivity contribution in [2.45, 2.75) is 24.9 Å². The number of hydrogen-bond donors (Lipinski definition) is 2. The van der Waals surface area contributed by atoms with Gasteiger partial charge >= 0.3 is 0 Å². The molecule has 0 unspecified atom stereocenters. The van der Waals surface area contributed by atoms with Gasteiger partial charge in [0.15, 0.2) is 0 Å². The van der Waals surface area contributed by atoms with Crippen molar-refractivity contribution in [2.24, 2.45) is 5.92 Å². The molecule has 1 aliphatic carbocycles. The first-order chi connectivity index (χ1) is 16.9. The van der Waals surface area contributed by atoms with E-state index in [1.165, 1.54) is 28.3 Å². The first-order valence-electron chi connectivity index (χ1n) is 11.2. The van der Waals surface area contributed by atoms with Gasteiger partial charge in [0.25, 0.3) is 17.4 Å². The van der Waals surface area contributed by atoms with Crippen LogP contribution in [-0.2, 0) is 4.79 Å². The first-order valence-corrected chi connectivity index (χ1v) is 12.4. The Morgan fingerprint density at radius 2 is 1.66 bits per heavy atom. The fraction of sp³-hybridized carbons (Fsp3) is 0.292. The molecule has 11 heteroatoms. The van der Waals surface area contributed by atoms with Gasteiger partial charge in [-0.3, -0.25) is 28.7 Å². The minimum atomic E-state index is -0.452. The SMILES string of the molecule is O=C(N[C@H]1CN(C(=O)C2CC2)C[C@H]1NC(=O)c1ccc(Cl)s1)c1ccc(-n2ccncc2=O)cc1.